The molecule has 1 aromatic rings. The highest BCUT2D eigenvalue weighted by Gasteiger charge is 2.46. The van der Waals surface area contributed by atoms with E-state index in [1.807, 2.05) is 19.1 Å². The van der Waals surface area contributed by atoms with Crippen LogP contribution in [0.5, 0.6) is 5.75 Å². The quantitative estimate of drug-likeness (QED) is 0.841. The Morgan fingerprint density at radius 1 is 1.44 bits per heavy atom. The maximum atomic E-state index is 9.70. The van der Waals surface area contributed by atoms with Crippen molar-refractivity contribution in [3.05, 3.63) is 29.8 Å². The lowest BCUT2D eigenvalue weighted by Crippen LogP contribution is -2.59. The van der Waals surface area contributed by atoms with Gasteiger partial charge in [-0.1, -0.05) is 26.0 Å². The molecule has 1 fully saturated rings. The molecule has 0 saturated heterocycles. The normalized spacial score (nSPS) is 25.6. The van der Waals surface area contributed by atoms with Crippen molar-refractivity contribution in [2.24, 2.45) is 5.41 Å². The first-order valence-electron chi connectivity index (χ1n) is 6.67. The summed E-state index contributed by atoms with van der Waals surface area (Å²) in [6.45, 7) is 7.72. The van der Waals surface area contributed by atoms with Crippen LogP contribution in [0.4, 0.5) is 0 Å². The zero-order valence-electron chi connectivity index (χ0n) is 11.4. The third-order valence-corrected chi connectivity index (χ3v) is 3.98. The number of ether oxygens (including phenoxy) is 1. The molecule has 2 N–H and O–H groups in total. The fraction of sp³-hybridized carbons (Fsp3) is 0.600. The Kier molecular flexibility index (Phi) is 3.93. The van der Waals surface area contributed by atoms with Crippen LogP contribution in [0.15, 0.2) is 24.3 Å². The molecule has 0 amide bonds. The van der Waals surface area contributed by atoms with E-state index in [1.165, 1.54) is 5.56 Å². The molecule has 1 aliphatic rings. The number of hydrogen-bond donors (Lipinski definition) is 2. The smallest absolute Gasteiger partial charge is 0.119 e. The highest BCUT2D eigenvalue weighted by Crippen LogP contribution is 2.40. The Hall–Kier alpha value is -1.06. The molecule has 100 valence electrons. The molecular formula is C15H23NO2. The van der Waals surface area contributed by atoms with Gasteiger partial charge in [-0.15, -0.1) is 0 Å². The van der Waals surface area contributed by atoms with Gasteiger partial charge in [0, 0.05) is 18.0 Å². The molecule has 0 aliphatic heterocycles. The van der Waals surface area contributed by atoms with E-state index in [-0.39, 0.29) is 11.5 Å². The first kappa shape index (κ1) is 13.4. The van der Waals surface area contributed by atoms with Gasteiger partial charge in [0.25, 0.3) is 0 Å². The van der Waals surface area contributed by atoms with Gasteiger partial charge in [0.2, 0.25) is 0 Å². The highest BCUT2D eigenvalue weighted by molar-refractivity contribution is 5.28. The fourth-order valence-corrected chi connectivity index (χ4v) is 2.40. The predicted octanol–water partition coefficient (Wildman–Crippen LogP) is 2.33. The maximum Gasteiger partial charge on any atom is 0.119 e. The molecule has 0 radical (unpaired) electrons. The SMILES string of the molecule is CCOc1cccc(CNC2CC(O)C2(C)C)c1. The molecule has 3 nitrogen and oxygen atoms in total. The predicted molar refractivity (Wildman–Crippen MR) is 72.6 cm³/mol. The summed E-state index contributed by atoms with van der Waals surface area (Å²) in [5, 5.41) is 13.2. The molecule has 1 aliphatic carbocycles. The van der Waals surface area contributed by atoms with Crippen LogP contribution in [0.3, 0.4) is 0 Å². The average molecular weight is 249 g/mol. The number of nitrogens with one attached hydrogen (secondary N) is 1. The molecular weight excluding hydrogens is 226 g/mol. The van der Waals surface area contributed by atoms with Crippen molar-refractivity contribution in [2.75, 3.05) is 6.61 Å². The van der Waals surface area contributed by atoms with E-state index in [0.717, 1.165) is 18.7 Å². The largest absolute Gasteiger partial charge is 0.494 e. The first-order valence-corrected chi connectivity index (χ1v) is 6.67. The number of rotatable bonds is 5. The lowest BCUT2D eigenvalue weighted by atomic mass is 9.64. The Morgan fingerprint density at radius 3 is 2.83 bits per heavy atom. The molecule has 0 bridgehead atoms. The minimum atomic E-state index is -0.176. The highest BCUT2D eigenvalue weighted by atomic mass is 16.5. The van der Waals surface area contributed by atoms with Crippen molar-refractivity contribution in [2.45, 2.75) is 45.9 Å². The average Bonchev–Trinajstić information content (AvgIpc) is 2.35. The topological polar surface area (TPSA) is 41.5 Å². The third kappa shape index (κ3) is 2.68. The monoisotopic (exact) mass is 249 g/mol. The molecule has 3 heteroatoms. The van der Waals surface area contributed by atoms with E-state index in [2.05, 4.69) is 31.3 Å². The second-order valence-electron chi connectivity index (χ2n) is 5.59. The molecule has 2 atom stereocenters. The molecule has 18 heavy (non-hydrogen) atoms. The van der Waals surface area contributed by atoms with Crippen molar-refractivity contribution in [3.8, 4) is 5.75 Å². The summed E-state index contributed by atoms with van der Waals surface area (Å²) in [6.07, 6.45) is 0.669. The summed E-state index contributed by atoms with van der Waals surface area (Å²) in [5.74, 6) is 0.921. The van der Waals surface area contributed by atoms with Gasteiger partial charge in [-0.2, -0.15) is 0 Å². The van der Waals surface area contributed by atoms with Gasteiger partial charge in [0.05, 0.1) is 12.7 Å². The fourth-order valence-electron chi connectivity index (χ4n) is 2.40. The molecule has 2 rings (SSSR count). The van der Waals surface area contributed by atoms with Gasteiger partial charge in [-0.05, 0) is 31.0 Å². The summed E-state index contributed by atoms with van der Waals surface area (Å²) < 4.78 is 5.48. The second-order valence-corrected chi connectivity index (χ2v) is 5.59. The molecule has 2 unspecified atom stereocenters. The van der Waals surface area contributed by atoms with Crippen molar-refractivity contribution >= 4 is 0 Å². The van der Waals surface area contributed by atoms with Crippen LogP contribution in [-0.2, 0) is 6.54 Å². The Bertz CT molecular complexity index is 403. The summed E-state index contributed by atoms with van der Waals surface area (Å²) >= 11 is 0. The van der Waals surface area contributed by atoms with E-state index < -0.39 is 0 Å². The zero-order chi connectivity index (χ0) is 13.2. The van der Waals surface area contributed by atoms with Gasteiger partial charge in [0.15, 0.2) is 0 Å². The molecule has 0 aromatic heterocycles. The van der Waals surface area contributed by atoms with Crippen LogP contribution >= 0.6 is 0 Å². The summed E-state index contributed by atoms with van der Waals surface area (Å²) in [6, 6.07) is 8.55. The van der Waals surface area contributed by atoms with Crippen molar-refractivity contribution in [3.63, 3.8) is 0 Å². The first-order chi connectivity index (χ1) is 8.54. The summed E-state index contributed by atoms with van der Waals surface area (Å²) in [7, 11) is 0. The molecule has 1 aromatic carbocycles. The Balaban J connectivity index is 1.89. The van der Waals surface area contributed by atoms with Crippen LogP contribution in [-0.4, -0.2) is 23.9 Å². The molecule has 0 heterocycles. The van der Waals surface area contributed by atoms with Gasteiger partial charge in [-0.25, -0.2) is 0 Å². The van der Waals surface area contributed by atoms with Crippen molar-refractivity contribution in [1.29, 1.82) is 0 Å². The standard InChI is InChI=1S/C15H23NO2/c1-4-18-12-7-5-6-11(8-12)10-16-13-9-14(17)15(13,2)3/h5-8,13-14,16-17H,4,9-10H2,1-3H3. The van der Waals surface area contributed by atoms with Crippen molar-refractivity contribution < 1.29 is 9.84 Å². The molecule has 0 spiro atoms. The maximum absolute atomic E-state index is 9.70. The van der Waals surface area contributed by atoms with E-state index in [9.17, 15) is 5.11 Å². The van der Waals surface area contributed by atoms with Crippen LogP contribution in [0.25, 0.3) is 0 Å². The Labute approximate surface area is 109 Å². The van der Waals surface area contributed by atoms with Crippen LogP contribution < -0.4 is 10.1 Å². The van der Waals surface area contributed by atoms with E-state index in [1.54, 1.807) is 0 Å². The van der Waals surface area contributed by atoms with E-state index in [4.69, 9.17) is 4.74 Å². The minimum Gasteiger partial charge on any atom is -0.494 e. The number of aliphatic hydroxyl groups excluding tert-OH is 1. The molecule has 1 saturated carbocycles. The van der Waals surface area contributed by atoms with Gasteiger partial charge in [0.1, 0.15) is 5.75 Å². The van der Waals surface area contributed by atoms with Gasteiger partial charge < -0.3 is 15.2 Å². The summed E-state index contributed by atoms with van der Waals surface area (Å²) in [5.41, 5.74) is 1.20. The van der Waals surface area contributed by atoms with Gasteiger partial charge in [-0.3, -0.25) is 0 Å². The van der Waals surface area contributed by atoms with Gasteiger partial charge >= 0.3 is 0 Å². The second kappa shape index (κ2) is 5.29. The number of benzene rings is 1. The lowest BCUT2D eigenvalue weighted by molar-refractivity contribution is -0.0729. The van der Waals surface area contributed by atoms with E-state index in [0.29, 0.717) is 12.6 Å². The third-order valence-electron chi connectivity index (χ3n) is 3.98. The zero-order valence-corrected chi connectivity index (χ0v) is 11.4. The van der Waals surface area contributed by atoms with Crippen LogP contribution in [0.2, 0.25) is 0 Å². The number of hydrogen-bond acceptors (Lipinski definition) is 3. The number of aliphatic hydroxyl groups is 1. The van der Waals surface area contributed by atoms with E-state index >= 15 is 0 Å². The van der Waals surface area contributed by atoms with Crippen LogP contribution in [0, 0.1) is 5.41 Å². The van der Waals surface area contributed by atoms with Crippen LogP contribution in [0.1, 0.15) is 32.8 Å². The minimum absolute atomic E-state index is 0.0163. The van der Waals surface area contributed by atoms with Crippen molar-refractivity contribution in [1.82, 2.24) is 5.32 Å². The Morgan fingerprint density at radius 2 is 2.22 bits per heavy atom. The summed E-state index contributed by atoms with van der Waals surface area (Å²) in [4.78, 5) is 0. The lowest BCUT2D eigenvalue weighted by Gasteiger charge is -2.49.